The highest BCUT2D eigenvalue weighted by molar-refractivity contribution is 6.31. The fourth-order valence-electron chi connectivity index (χ4n) is 0.996. The van der Waals surface area contributed by atoms with E-state index in [2.05, 4.69) is 4.84 Å². The molecule has 0 aliphatic rings. The highest BCUT2D eigenvalue weighted by Gasteiger charge is 2.20. The lowest BCUT2D eigenvalue weighted by atomic mass is 10.2. The topological polar surface area (TPSA) is 55.8 Å². The number of hydroxylamine groups is 2. The number of hydrogen-bond acceptors (Lipinski definition) is 4. The van der Waals surface area contributed by atoms with Crippen LogP contribution in [0.5, 0.6) is 0 Å². The molecule has 0 aliphatic carbocycles. The molecule has 0 aliphatic heterocycles. The molecule has 0 radical (unpaired) electrons. The van der Waals surface area contributed by atoms with E-state index in [4.69, 9.17) is 4.74 Å². The van der Waals surface area contributed by atoms with Gasteiger partial charge in [0.1, 0.15) is 6.61 Å². The van der Waals surface area contributed by atoms with Crippen LogP contribution in [-0.2, 0) is 25.8 Å². The molecule has 86 valence electrons. The van der Waals surface area contributed by atoms with E-state index >= 15 is 0 Å². The molecule has 16 heavy (non-hydrogen) atoms. The number of ether oxygens (including phenoxy) is 1. The van der Waals surface area contributed by atoms with Crippen LogP contribution in [-0.4, -0.2) is 31.1 Å². The second-order valence-corrected chi connectivity index (χ2v) is 3.05. The second-order valence-electron chi connectivity index (χ2n) is 3.05. The quantitative estimate of drug-likeness (QED) is 0.431. The van der Waals surface area contributed by atoms with Crippen molar-refractivity contribution in [3.05, 3.63) is 35.9 Å². The highest BCUT2D eigenvalue weighted by atomic mass is 16.7. The number of likely N-dealkylation sites (N-methyl/N-ethyl adjacent to an activating group) is 1. The molecule has 0 N–H and O–H groups in total. The molecule has 0 unspecified atom stereocenters. The molecule has 0 atom stereocenters. The first-order valence-corrected chi connectivity index (χ1v) is 4.68. The van der Waals surface area contributed by atoms with E-state index in [1.807, 2.05) is 18.2 Å². The van der Waals surface area contributed by atoms with Gasteiger partial charge in [-0.25, -0.2) is 9.86 Å². The number of rotatable bonds is 3. The molecule has 5 heteroatoms. The van der Waals surface area contributed by atoms with E-state index in [0.29, 0.717) is 0 Å². The summed E-state index contributed by atoms with van der Waals surface area (Å²) in [5, 5.41) is 0.813. The van der Waals surface area contributed by atoms with Crippen LogP contribution < -0.4 is 0 Å². The third kappa shape index (κ3) is 3.36. The molecular formula is C11H13NO4. The third-order valence-electron chi connectivity index (χ3n) is 1.95. The summed E-state index contributed by atoms with van der Waals surface area (Å²) in [6.45, 7) is 0.0724. The van der Waals surface area contributed by atoms with E-state index in [1.54, 1.807) is 12.1 Å². The van der Waals surface area contributed by atoms with Crippen molar-refractivity contribution in [3.8, 4) is 0 Å². The SMILES string of the molecule is CON(C)C(=O)C(=O)OCc1ccccc1. The Labute approximate surface area is 93.5 Å². The summed E-state index contributed by atoms with van der Waals surface area (Å²) >= 11 is 0. The lowest BCUT2D eigenvalue weighted by Crippen LogP contribution is -2.33. The number of amides is 1. The molecular weight excluding hydrogens is 210 g/mol. The Morgan fingerprint density at radius 2 is 1.88 bits per heavy atom. The molecule has 0 saturated heterocycles. The van der Waals surface area contributed by atoms with Gasteiger partial charge in [0.15, 0.2) is 0 Å². The highest BCUT2D eigenvalue weighted by Crippen LogP contribution is 2.01. The molecule has 0 fully saturated rings. The van der Waals surface area contributed by atoms with Gasteiger partial charge in [-0.15, -0.1) is 0 Å². The van der Waals surface area contributed by atoms with E-state index in [0.717, 1.165) is 10.6 Å². The lowest BCUT2D eigenvalue weighted by Gasteiger charge is -2.12. The van der Waals surface area contributed by atoms with Gasteiger partial charge in [-0.2, -0.15) is 0 Å². The minimum Gasteiger partial charge on any atom is -0.454 e. The summed E-state index contributed by atoms with van der Waals surface area (Å²) in [6, 6.07) is 9.11. The maximum atomic E-state index is 11.2. The van der Waals surface area contributed by atoms with Crippen LogP contribution in [0.4, 0.5) is 0 Å². The molecule has 0 spiro atoms. The van der Waals surface area contributed by atoms with Crippen molar-refractivity contribution in [2.45, 2.75) is 6.61 Å². The van der Waals surface area contributed by atoms with Crippen LogP contribution >= 0.6 is 0 Å². The first-order chi connectivity index (χ1) is 7.65. The first kappa shape index (κ1) is 12.2. The maximum Gasteiger partial charge on any atom is 0.399 e. The minimum absolute atomic E-state index is 0.0724. The minimum atomic E-state index is -0.937. The number of carbonyl (C=O) groups is 2. The van der Waals surface area contributed by atoms with E-state index in [1.165, 1.54) is 14.2 Å². The van der Waals surface area contributed by atoms with Gasteiger partial charge in [0.05, 0.1) is 7.11 Å². The van der Waals surface area contributed by atoms with Gasteiger partial charge in [-0.05, 0) is 5.56 Å². The van der Waals surface area contributed by atoms with E-state index in [-0.39, 0.29) is 6.61 Å². The molecule has 5 nitrogen and oxygen atoms in total. The largest absolute Gasteiger partial charge is 0.454 e. The molecule has 0 saturated carbocycles. The second kappa shape index (κ2) is 5.87. The molecule has 0 heterocycles. The van der Waals surface area contributed by atoms with Crippen molar-refractivity contribution in [3.63, 3.8) is 0 Å². The fourth-order valence-corrected chi connectivity index (χ4v) is 0.996. The summed E-state index contributed by atoms with van der Waals surface area (Å²) in [5.41, 5.74) is 0.823. The number of hydrogen-bond donors (Lipinski definition) is 0. The molecule has 1 aromatic carbocycles. The molecule has 1 rings (SSSR count). The fraction of sp³-hybridized carbons (Fsp3) is 0.273. The number of esters is 1. The van der Waals surface area contributed by atoms with Crippen molar-refractivity contribution in [2.75, 3.05) is 14.2 Å². The summed E-state index contributed by atoms with van der Waals surface area (Å²) in [4.78, 5) is 27.0. The predicted octanol–water partition coefficient (Wildman–Crippen LogP) is 0.750. The normalized spacial score (nSPS) is 9.62. The Bertz CT molecular complexity index is 364. The van der Waals surface area contributed by atoms with Crippen LogP contribution in [0.15, 0.2) is 30.3 Å². The van der Waals surface area contributed by atoms with Gasteiger partial charge in [0, 0.05) is 7.05 Å². The van der Waals surface area contributed by atoms with Crippen molar-refractivity contribution < 1.29 is 19.2 Å². The molecule has 1 amide bonds. The van der Waals surface area contributed by atoms with Gasteiger partial charge in [-0.3, -0.25) is 9.63 Å². The van der Waals surface area contributed by atoms with Crippen molar-refractivity contribution in [1.82, 2.24) is 5.06 Å². The Morgan fingerprint density at radius 1 is 1.25 bits per heavy atom. The summed E-state index contributed by atoms with van der Waals surface area (Å²) < 4.78 is 4.80. The zero-order valence-corrected chi connectivity index (χ0v) is 9.17. The van der Waals surface area contributed by atoms with Crippen LogP contribution in [0, 0.1) is 0 Å². The molecule has 0 aromatic heterocycles. The van der Waals surface area contributed by atoms with Gasteiger partial charge in [0.2, 0.25) is 0 Å². The predicted molar refractivity (Wildman–Crippen MR) is 56.0 cm³/mol. The Morgan fingerprint density at radius 3 is 2.44 bits per heavy atom. The number of nitrogens with zero attached hydrogens (tertiary/aromatic N) is 1. The molecule has 0 bridgehead atoms. The van der Waals surface area contributed by atoms with Crippen LogP contribution in [0.1, 0.15) is 5.56 Å². The smallest absolute Gasteiger partial charge is 0.399 e. The lowest BCUT2D eigenvalue weighted by molar-refractivity contribution is -0.183. The van der Waals surface area contributed by atoms with Gasteiger partial charge in [-0.1, -0.05) is 30.3 Å². The van der Waals surface area contributed by atoms with Gasteiger partial charge >= 0.3 is 11.9 Å². The summed E-state index contributed by atoms with van der Waals surface area (Å²) in [6.07, 6.45) is 0. The van der Waals surface area contributed by atoms with Crippen molar-refractivity contribution in [2.24, 2.45) is 0 Å². The van der Waals surface area contributed by atoms with Gasteiger partial charge < -0.3 is 4.74 Å². The standard InChI is InChI=1S/C11H13NO4/c1-12(15-2)10(13)11(14)16-8-9-6-4-3-5-7-9/h3-7H,8H2,1-2H3. The number of benzene rings is 1. The van der Waals surface area contributed by atoms with Crippen LogP contribution in [0.25, 0.3) is 0 Å². The first-order valence-electron chi connectivity index (χ1n) is 4.68. The summed E-state index contributed by atoms with van der Waals surface area (Å²) in [5.74, 6) is -1.77. The average molecular weight is 223 g/mol. The Balaban J connectivity index is 2.44. The number of carbonyl (C=O) groups excluding carboxylic acids is 2. The van der Waals surface area contributed by atoms with E-state index < -0.39 is 11.9 Å². The maximum absolute atomic E-state index is 11.2. The monoisotopic (exact) mass is 223 g/mol. The van der Waals surface area contributed by atoms with Gasteiger partial charge in [0.25, 0.3) is 0 Å². The van der Waals surface area contributed by atoms with Crippen molar-refractivity contribution >= 4 is 11.9 Å². The zero-order chi connectivity index (χ0) is 12.0. The molecule has 1 aromatic rings. The van der Waals surface area contributed by atoms with Crippen LogP contribution in [0.2, 0.25) is 0 Å². The third-order valence-corrected chi connectivity index (χ3v) is 1.95. The van der Waals surface area contributed by atoms with E-state index in [9.17, 15) is 9.59 Å². The van der Waals surface area contributed by atoms with Crippen molar-refractivity contribution in [1.29, 1.82) is 0 Å². The average Bonchev–Trinajstić information content (AvgIpc) is 2.35. The summed E-state index contributed by atoms with van der Waals surface area (Å²) in [7, 11) is 2.63. The zero-order valence-electron chi connectivity index (χ0n) is 9.17. The Kier molecular flexibility index (Phi) is 4.47. The Hall–Kier alpha value is -1.88. The van der Waals surface area contributed by atoms with Crippen LogP contribution in [0.3, 0.4) is 0 Å².